The summed E-state index contributed by atoms with van der Waals surface area (Å²) in [5.41, 5.74) is 4.45. The van der Waals surface area contributed by atoms with Gasteiger partial charge in [0, 0.05) is 5.56 Å². The number of nitrogens with one attached hydrogen (secondary N) is 1. The summed E-state index contributed by atoms with van der Waals surface area (Å²) in [5.74, 6) is -0.366. The smallest absolute Gasteiger partial charge is 0.354 e. The molecule has 0 saturated carbocycles. The quantitative estimate of drug-likeness (QED) is 0.731. The van der Waals surface area contributed by atoms with E-state index in [1.807, 2.05) is 66.7 Å². The zero-order valence-corrected chi connectivity index (χ0v) is 11.7. The fourth-order valence-electron chi connectivity index (χ4n) is 2.35. The van der Waals surface area contributed by atoms with Crippen LogP contribution >= 0.6 is 0 Å². The fourth-order valence-corrected chi connectivity index (χ4v) is 2.35. The van der Waals surface area contributed by atoms with Gasteiger partial charge in [-0.25, -0.2) is 4.79 Å². The molecule has 0 saturated heterocycles. The minimum absolute atomic E-state index is 0.366. The molecule has 0 atom stereocenters. The zero-order valence-electron chi connectivity index (χ0n) is 11.7. The van der Waals surface area contributed by atoms with Crippen molar-refractivity contribution in [3.63, 3.8) is 0 Å². The molecule has 1 N–H and O–H groups in total. The third kappa shape index (κ3) is 2.58. The SMILES string of the molecule is COC(=O)c1cc(-c2ccccc2)c(-c2ccccc2)[nH]1. The van der Waals surface area contributed by atoms with E-state index in [2.05, 4.69) is 4.98 Å². The van der Waals surface area contributed by atoms with Crippen LogP contribution in [0.15, 0.2) is 66.7 Å². The Balaban J connectivity index is 2.18. The van der Waals surface area contributed by atoms with Gasteiger partial charge in [0.15, 0.2) is 0 Å². The van der Waals surface area contributed by atoms with E-state index < -0.39 is 0 Å². The summed E-state index contributed by atoms with van der Waals surface area (Å²) in [6.07, 6.45) is 0. The van der Waals surface area contributed by atoms with E-state index in [9.17, 15) is 4.79 Å². The van der Waals surface area contributed by atoms with E-state index in [0.29, 0.717) is 5.69 Å². The summed E-state index contributed by atoms with van der Waals surface area (Å²) in [4.78, 5) is 15.0. The van der Waals surface area contributed by atoms with E-state index in [1.54, 1.807) is 0 Å². The van der Waals surface area contributed by atoms with Crippen LogP contribution in [0.2, 0.25) is 0 Å². The molecule has 0 amide bonds. The summed E-state index contributed by atoms with van der Waals surface area (Å²) in [6.45, 7) is 0. The van der Waals surface area contributed by atoms with Gasteiger partial charge in [-0.3, -0.25) is 0 Å². The number of carbonyl (C=O) groups is 1. The van der Waals surface area contributed by atoms with Gasteiger partial charge in [0.2, 0.25) is 0 Å². The normalized spacial score (nSPS) is 10.3. The van der Waals surface area contributed by atoms with Crippen LogP contribution in [0.4, 0.5) is 0 Å². The Bertz CT molecular complexity index is 688. The molecule has 104 valence electrons. The van der Waals surface area contributed by atoms with E-state index in [1.165, 1.54) is 7.11 Å². The monoisotopic (exact) mass is 277 g/mol. The van der Waals surface area contributed by atoms with Gasteiger partial charge in [0.25, 0.3) is 0 Å². The molecule has 3 rings (SSSR count). The second-order valence-electron chi connectivity index (χ2n) is 4.70. The highest BCUT2D eigenvalue weighted by Crippen LogP contribution is 2.32. The third-order valence-corrected chi connectivity index (χ3v) is 3.37. The van der Waals surface area contributed by atoms with Crippen LogP contribution in [0.25, 0.3) is 22.4 Å². The Hall–Kier alpha value is -2.81. The van der Waals surface area contributed by atoms with Crippen molar-refractivity contribution in [3.05, 3.63) is 72.4 Å². The second kappa shape index (κ2) is 5.67. The Kier molecular flexibility index (Phi) is 3.56. The first-order chi connectivity index (χ1) is 10.3. The van der Waals surface area contributed by atoms with Crippen molar-refractivity contribution in [2.45, 2.75) is 0 Å². The van der Waals surface area contributed by atoms with Gasteiger partial charge in [0.05, 0.1) is 12.8 Å². The molecule has 3 nitrogen and oxygen atoms in total. The van der Waals surface area contributed by atoms with Crippen LogP contribution in [0.1, 0.15) is 10.5 Å². The highest BCUT2D eigenvalue weighted by molar-refractivity contribution is 5.93. The van der Waals surface area contributed by atoms with Gasteiger partial charge in [-0.05, 0) is 17.2 Å². The van der Waals surface area contributed by atoms with Crippen LogP contribution in [-0.2, 0) is 4.74 Å². The number of aromatic nitrogens is 1. The van der Waals surface area contributed by atoms with Crippen molar-refractivity contribution < 1.29 is 9.53 Å². The lowest BCUT2D eigenvalue weighted by Gasteiger charge is -2.04. The van der Waals surface area contributed by atoms with Crippen molar-refractivity contribution in [2.24, 2.45) is 0 Å². The lowest BCUT2D eigenvalue weighted by Crippen LogP contribution is -2.00. The van der Waals surface area contributed by atoms with Crippen molar-refractivity contribution in [1.29, 1.82) is 0 Å². The van der Waals surface area contributed by atoms with Crippen LogP contribution in [0.5, 0.6) is 0 Å². The maximum Gasteiger partial charge on any atom is 0.354 e. The Morgan fingerprint density at radius 3 is 2.05 bits per heavy atom. The minimum Gasteiger partial charge on any atom is -0.464 e. The first-order valence-corrected chi connectivity index (χ1v) is 6.72. The molecule has 0 bridgehead atoms. The van der Waals surface area contributed by atoms with Gasteiger partial charge < -0.3 is 9.72 Å². The Morgan fingerprint density at radius 1 is 0.905 bits per heavy atom. The van der Waals surface area contributed by atoms with Crippen molar-refractivity contribution >= 4 is 5.97 Å². The van der Waals surface area contributed by atoms with Gasteiger partial charge in [-0.15, -0.1) is 0 Å². The molecule has 0 aliphatic heterocycles. The predicted octanol–water partition coefficient (Wildman–Crippen LogP) is 4.14. The summed E-state index contributed by atoms with van der Waals surface area (Å²) in [5, 5.41) is 0. The van der Waals surface area contributed by atoms with Gasteiger partial charge in [0.1, 0.15) is 5.69 Å². The Labute approximate surface area is 123 Å². The predicted molar refractivity (Wildman–Crippen MR) is 83.0 cm³/mol. The second-order valence-corrected chi connectivity index (χ2v) is 4.70. The van der Waals surface area contributed by atoms with Crippen molar-refractivity contribution in [1.82, 2.24) is 4.98 Å². The maximum absolute atomic E-state index is 11.8. The molecule has 0 radical (unpaired) electrons. The number of rotatable bonds is 3. The first kappa shape index (κ1) is 13.2. The van der Waals surface area contributed by atoms with Gasteiger partial charge in [-0.2, -0.15) is 0 Å². The molecule has 1 aromatic heterocycles. The standard InChI is InChI=1S/C18H15NO2/c1-21-18(20)16-12-15(13-8-4-2-5-9-13)17(19-16)14-10-6-3-7-11-14/h2-12,19H,1H3. The van der Waals surface area contributed by atoms with Gasteiger partial charge >= 0.3 is 5.97 Å². The highest BCUT2D eigenvalue weighted by atomic mass is 16.5. The highest BCUT2D eigenvalue weighted by Gasteiger charge is 2.16. The molecule has 21 heavy (non-hydrogen) atoms. The van der Waals surface area contributed by atoms with E-state index >= 15 is 0 Å². The molecular formula is C18H15NO2. The zero-order chi connectivity index (χ0) is 14.7. The largest absolute Gasteiger partial charge is 0.464 e. The number of carbonyl (C=O) groups excluding carboxylic acids is 1. The van der Waals surface area contributed by atoms with E-state index in [-0.39, 0.29) is 5.97 Å². The molecule has 1 heterocycles. The van der Waals surface area contributed by atoms with E-state index in [4.69, 9.17) is 4.74 Å². The van der Waals surface area contributed by atoms with Crippen LogP contribution < -0.4 is 0 Å². The van der Waals surface area contributed by atoms with Crippen LogP contribution in [0, 0.1) is 0 Å². The molecule has 2 aromatic carbocycles. The fraction of sp³-hybridized carbons (Fsp3) is 0.0556. The molecule has 0 unspecified atom stereocenters. The summed E-state index contributed by atoms with van der Waals surface area (Å²) >= 11 is 0. The molecule has 3 heteroatoms. The van der Waals surface area contributed by atoms with Crippen LogP contribution in [0.3, 0.4) is 0 Å². The number of H-pyrrole nitrogens is 1. The number of esters is 1. The average Bonchev–Trinajstić information content (AvgIpc) is 3.01. The molecular weight excluding hydrogens is 262 g/mol. The molecule has 3 aromatic rings. The lowest BCUT2D eigenvalue weighted by molar-refractivity contribution is 0.0595. The molecule has 0 aliphatic rings. The summed E-state index contributed by atoms with van der Waals surface area (Å²) in [7, 11) is 1.38. The minimum atomic E-state index is -0.366. The first-order valence-electron chi connectivity index (χ1n) is 6.72. The Morgan fingerprint density at radius 2 is 1.48 bits per heavy atom. The van der Waals surface area contributed by atoms with Gasteiger partial charge in [-0.1, -0.05) is 60.7 Å². The topological polar surface area (TPSA) is 42.1 Å². The number of benzene rings is 2. The number of methoxy groups -OCH3 is 1. The summed E-state index contributed by atoms with van der Waals surface area (Å²) in [6, 6.07) is 21.8. The molecule has 0 spiro atoms. The summed E-state index contributed by atoms with van der Waals surface area (Å²) < 4.78 is 4.81. The number of hydrogen-bond acceptors (Lipinski definition) is 2. The number of ether oxygens (including phenoxy) is 1. The van der Waals surface area contributed by atoms with Crippen molar-refractivity contribution in [3.8, 4) is 22.4 Å². The molecule has 0 aliphatic carbocycles. The van der Waals surface area contributed by atoms with E-state index in [0.717, 1.165) is 22.4 Å². The average molecular weight is 277 g/mol. The maximum atomic E-state index is 11.8. The lowest BCUT2D eigenvalue weighted by atomic mass is 10.0. The van der Waals surface area contributed by atoms with Crippen molar-refractivity contribution in [2.75, 3.05) is 7.11 Å². The third-order valence-electron chi connectivity index (χ3n) is 3.37. The molecule has 0 fully saturated rings. The van der Waals surface area contributed by atoms with Crippen LogP contribution in [-0.4, -0.2) is 18.1 Å². The number of hydrogen-bond donors (Lipinski definition) is 1. The number of aromatic amines is 1.